The Hall–Kier alpha value is -1.60. The van der Waals surface area contributed by atoms with E-state index in [9.17, 15) is 9.59 Å². The maximum atomic E-state index is 12.3. The number of halogens is 1. The molecule has 23 heavy (non-hydrogen) atoms. The first-order valence-electron chi connectivity index (χ1n) is 7.85. The average molecular weight is 344 g/mol. The normalized spacial score (nSPS) is 19.9. The molecular formula is C15H26ClN5O2. The quantitative estimate of drug-likeness (QED) is 0.659. The number of amides is 2. The maximum absolute atomic E-state index is 12.3. The molecule has 130 valence electrons. The number of nitrogens with zero attached hydrogens (tertiary/aromatic N) is 2. The van der Waals surface area contributed by atoms with Gasteiger partial charge in [-0.1, -0.05) is 6.92 Å². The average Bonchev–Trinajstić information content (AvgIpc) is 3.13. The van der Waals surface area contributed by atoms with Gasteiger partial charge in [0.05, 0.1) is 12.1 Å². The van der Waals surface area contributed by atoms with Crippen molar-refractivity contribution in [3.8, 4) is 0 Å². The van der Waals surface area contributed by atoms with Crippen molar-refractivity contribution in [3.05, 3.63) is 18.0 Å². The fraction of sp³-hybridized carbons (Fsp3) is 0.667. The van der Waals surface area contributed by atoms with Gasteiger partial charge in [0.25, 0.3) is 0 Å². The number of aryl methyl sites for hydroxylation is 1. The van der Waals surface area contributed by atoms with Gasteiger partial charge in [-0.05, 0) is 12.0 Å². The second-order valence-electron chi connectivity index (χ2n) is 5.71. The lowest BCUT2D eigenvalue weighted by Crippen LogP contribution is -2.37. The summed E-state index contributed by atoms with van der Waals surface area (Å²) in [4.78, 5) is 23.8. The molecular weight excluding hydrogens is 318 g/mol. The third-order valence-corrected chi connectivity index (χ3v) is 3.93. The molecule has 0 radical (unpaired) electrons. The predicted octanol–water partition coefficient (Wildman–Crippen LogP) is 0.177. The Morgan fingerprint density at radius 1 is 1.35 bits per heavy atom. The Kier molecular flexibility index (Phi) is 8.05. The summed E-state index contributed by atoms with van der Waals surface area (Å²) in [7, 11) is 1.87. The number of rotatable bonds is 7. The molecule has 1 saturated heterocycles. The predicted molar refractivity (Wildman–Crippen MR) is 90.5 cm³/mol. The third-order valence-electron chi connectivity index (χ3n) is 3.93. The molecule has 1 fully saturated rings. The highest BCUT2D eigenvalue weighted by Gasteiger charge is 2.34. The number of hydrogen-bond donors (Lipinski definition) is 3. The molecule has 2 amide bonds. The van der Waals surface area contributed by atoms with Crippen LogP contribution in [0.5, 0.6) is 0 Å². The molecule has 0 saturated carbocycles. The van der Waals surface area contributed by atoms with E-state index in [2.05, 4.69) is 21.0 Å². The Labute approximate surface area is 143 Å². The Bertz CT molecular complexity index is 520. The van der Waals surface area contributed by atoms with Gasteiger partial charge in [0, 0.05) is 51.8 Å². The van der Waals surface area contributed by atoms with Crippen LogP contribution in [0.4, 0.5) is 0 Å². The molecule has 0 unspecified atom stereocenters. The fourth-order valence-electron chi connectivity index (χ4n) is 2.72. The fourth-order valence-corrected chi connectivity index (χ4v) is 2.72. The number of carbonyl (C=O) groups excluding carboxylic acids is 2. The molecule has 2 heterocycles. The topological polar surface area (TPSA) is 88.1 Å². The lowest BCUT2D eigenvalue weighted by molar-refractivity contribution is -0.125. The molecule has 0 aliphatic carbocycles. The van der Waals surface area contributed by atoms with Gasteiger partial charge >= 0.3 is 0 Å². The van der Waals surface area contributed by atoms with E-state index in [1.807, 2.05) is 26.4 Å². The maximum Gasteiger partial charge on any atom is 0.225 e. The van der Waals surface area contributed by atoms with Crippen LogP contribution in [-0.4, -0.2) is 47.8 Å². The molecule has 2 rings (SSSR count). The van der Waals surface area contributed by atoms with Gasteiger partial charge in [-0.3, -0.25) is 14.3 Å². The molecule has 0 spiro atoms. The summed E-state index contributed by atoms with van der Waals surface area (Å²) in [5, 5.41) is 13.1. The second kappa shape index (κ2) is 9.52. The van der Waals surface area contributed by atoms with Crippen LogP contribution in [0.1, 0.15) is 31.2 Å². The number of nitrogens with one attached hydrogen (secondary N) is 3. The van der Waals surface area contributed by atoms with Crippen LogP contribution in [0, 0.1) is 5.92 Å². The lowest BCUT2D eigenvalue weighted by Gasteiger charge is -2.17. The summed E-state index contributed by atoms with van der Waals surface area (Å²) in [5.74, 6) is 0.0168. The lowest BCUT2D eigenvalue weighted by atomic mass is 9.90. The third kappa shape index (κ3) is 5.51. The first kappa shape index (κ1) is 19.4. The number of carbonyl (C=O) groups is 2. The van der Waals surface area contributed by atoms with Crippen molar-refractivity contribution in [1.29, 1.82) is 0 Å². The smallest absolute Gasteiger partial charge is 0.225 e. The SMILES string of the molecule is CCCNC(=O)CCNC(=O)[C@H]1CNC[C@@H]1c1cnn(C)c1.Cl. The van der Waals surface area contributed by atoms with Crippen LogP contribution in [0.3, 0.4) is 0 Å². The molecule has 2 atom stereocenters. The van der Waals surface area contributed by atoms with Crippen molar-refractivity contribution in [2.75, 3.05) is 26.2 Å². The highest BCUT2D eigenvalue weighted by molar-refractivity contribution is 5.85. The summed E-state index contributed by atoms with van der Waals surface area (Å²) in [6.07, 6.45) is 5.01. The summed E-state index contributed by atoms with van der Waals surface area (Å²) in [5.41, 5.74) is 1.08. The molecule has 1 aromatic heterocycles. The monoisotopic (exact) mass is 343 g/mol. The first-order chi connectivity index (χ1) is 10.6. The van der Waals surface area contributed by atoms with Gasteiger partial charge in [-0.15, -0.1) is 12.4 Å². The van der Waals surface area contributed by atoms with Crippen LogP contribution >= 0.6 is 12.4 Å². The highest BCUT2D eigenvalue weighted by atomic mass is 35.5. The molecule has 1 aliphatic heterocycles. The Morgan fingerprint density at radius 2 is 2.13 bits per heavy atom. The van der Waals surface area contributed by atoms with E-state index in [0.717, 1.165) is 18.5 Å². The van der Waals surface area contributed by atoms with Crippen LogP contribution in [-0.2, 0) is 16.6 Å². The van der Waals surface area contributed by atoms with E-state index < -0.39 is 0 Å². The van der Waals surface area contributed by atoms with Gasteiger partial charge in [0.15, 0.2) is 0 Å². The molecule has 7 nitrogen and oxygen atoms in total. The standard InChI is InChI=1S/C15H25N5O2.ClH/c1-3-5-17-14(21)4-6-18-15(22)13-9-16-8-12(13)11-7-19-20(2)10-11;/h7,10,12-13,16H,3-6,8-9H2,1-2H3,(H,17,21)(H,18,22);1H/t12-,13+;/m1./s1. The molecule has 1 aromatic rings. The Balaban J connectivity index is 0.00000264. The first-order valence-corrected chi connectivity index (χ1v) is 7.85. The van der Waals surface area contributed by atoms with Gasteiger partial charge in [-0.2, -0.15) is 5.10 Å². The van der Waals surface area contributed by atoms with E-state index >= 15 is 0 Å². The Morgan fingerprint density at radius 3 is 2.78 bits per heavy atom. The van der Waals surface area contributed by atoms with Crippen LogP contribution < -0.4 is 16.0 Å². The summed E-state index contributed by atoms with van der Waals surface area (Å²) >= 11 is 0. The van der Waals surface area contributed by atoms with Crippen LogP contribution in [0.15, 0.2) is 12.4 Å². The second-order valence-corrected chi connectivity index (χ2v) is 5.71. The minimum absolute atomic E-state index is 0. The number of hydrogen-bond acceptors (Lipinski definition) is 4. The summed E-state index contributed by atoms with van der Waals surface area (Å²) in [6.45, 7) is 4.51. The van der Waals surface area contributed by atoms with E-state index in [4.69, 9.17) is 0 Å². The molecule has 0 aromatic carbocycles. The minimum Gasteiger partial charge on any atom is -0.356 e. The van der Waals surface area contributed by atoms with Crippen molar-refractivity contribution < 1.29 is 9.59 Å². The van der Waals surface area contributed by atoms with Gasteiger partial charge < -0.3 is 16.0 Å². The van der Waals surface area contributed by atoms with Crippen molar-refractivity contribution in [2.45, 2.75) is 25.7 Å². The van der Waals surface area contributed by atoms with Gasteiger partial charge in [0.2, 0.25) is 11.8 Å². The highest BCUT2D eigenvalue weighted by Crippen LogP contribution is 2.27. The van der Waals surface area contributed by atoms with E-state index in [0.29, 0.717) is 26.1 Å². The zero-order valence-electron chi connectivity index (χ0n) is 13.7. The molecule has 1 aliphatic rings. The zero-order chi connectivity index (χ0) is 15.9. The zero-order valence-corrected chi connectivity index (χ0v) is 14.5. The number of aromatic nitrogens is 2. The molecule has 0 bridgehead atoms. The van der Waals surface area contributed by atoms with Crippen LogP contribution in [0.2, 0.25) is 0 Å². The summed E-state index contributed by atoms with van der Waals surface area (Å²) < 4.78 is 1.75. The largest absolute Gasteiger partial charge is 0.356 e. The van der Waals surface area contributed by atoms with Crippen molar-refractivity contribution >= 4 is 24.2 Å². The van der Waals surface area contributed by atoms with Crippen LogP contribution in [0.25, 0.3) is 0 Å². The summed E-state index contributed by atoms with van der Waals surface area (Å²) in [6, 6.07) is 0. The van der Waals surface area contributed by atoms with Crippen molar-refractivity contribution in [2.24, 2.45) is 13.0 Å². The van der Waals surface area contributed by atoms with E-state index in [-0.39, 0.29) is 36.1 Å². The van der Waals surface area contributed by atoms with E-state index in [1.54, 1.807) is 4.68 Å². The molecule has 3 N–H and O–H groups in total. The van der Waals surface area contributed by atoms with Crippen molar-refractivity contribution in [3.63, 3.8) is 0 Å². The molecule has 8 heteroatoms. The van der Waals surface area contributed by atoms with Crippen molar-refractivity contribution in [1.82, 2.24) is 25.7 Å². The van der Waals surface area contributed by atoms with E-state index in [1.165, 1.54) is 0 Å². The van der Waals surface area contributed by atoms with Gasteiger partial charge in [-0.25, -0.2) is 0 Å². The van der Waals surface area contributed by atoms with Gasteiger partial charge in [0.1, 0.15) is 0 Å². The minimum atomic E-state index is -0.108.